The smallest absolute Gasteiger partial charge is 0.272 e. The molecule has 1 aliphatic carbocycles. The van der Waals surface area contributed by atoms with Crippen LogP contribution in [-0.2, 0) is 4.79 Å². The molecule has 0 radical (unpaired) electrons. The van der Waals surface area contributed by atoms with E-state index in [0.717, 1.165) is 56.3 Å². The number of piperidine rings is 1. The second kappa shape index (κ2) is 4.93. The van der Waals surface area contributed by atoms with Crippen molar-refractivity contribution >= 4 is 22.2 Å². The molecule has 22 heavy (non-hydrogen) atoms. The number of nitrogens with zero attached hydrogens (tertiary/aromatic N) is 2. The first-order valence-electron chi connectivity index (χ1n) is 7.89. The lowest BCUT2D eigenvalue weighted by atomic mass is 9.77. The number of nitrogens with one attached hydrogen (secondary N) is 1. The van der Waals surface area contributed by atoms with Crippen LogP contribution in [0.25, 0.3) is 10.8 Å². The Kier molecular flexibility index (Phi) is 3.03. The van der Waals surface area contributed by atoms with E-state index in [2.05, 4.69) is 15.1 Å². The molecule has 2 aliphatic rings. The quantitative estimate of drug-likeness (QED) is 0.877. The van der Waals surface area contributed by atoms with Gasteiger partial charge in [-0.25, -0.2) is 5.10 Å². The van der Waals surface area contributed by atoms with Crippen molar-refractivity contribution in [3.05, 3.63) is 34.7 Å². The Balaban J connectivity index is 1.56. The molecule has 1 aromatic carbocycles. The van der Waals surface area contributed by atoms with Crippen LogP contribution in [0.3, 0.4) is 0 Å². The van der Waals surface area contributed by atoms with Gasteiger partial charge in [-0.05, 0) is 42.9 Å². The van der Waals surface area contributed by atoms with Crippen LogP contribution in [0.5, 0.6) is 0 Å². The molecule has 0 atom stereocenters. The molecule has 1 saturated carbocycles. The van der Waals surface area contributed by atoms with Crippen molar-refractivity contribution in [2.24, 2.45) is 5.41 Å². The lowest BCUT2D eigenvalue weighted by Crippen LogP contribution is -2.39. The van der Waals surface area contributed by atoms with E-state index in [4.69, 9.17) is 0 Å². The van der Waals surface area contributed by atoms with E-state index in [1.807, 2.05) is 18.2 Å². The molecule has 0 bridgehead atoms. The minimum atomic E-state index is -0.147. The number of carbonyl (C=O) groups excluding carboxylic acids is 1. The maximum absolute atomic E-state index is 11.7. The molecule has 1 saturated heterocycles. The van der Waals surface area contributed by atoms with Crippen molar-refractivity contribution < 1.29 is 4.79 Å². The molecule has 1 N–H and O–H groups in total. The van der Waals surface area contributed by atoms with Crippen LogP contribution in [0.4, 0.5) is 5.69 Å². The van der Waals surface area contributed by atoms with Crippen LogP contribution in [0.2, 0.25) is 0 Å². The summed E-state index contributed by atoms with van der Waals surface area (Å²) < 4.78 is 0. The highest BCUT2D eigenvalue weighted by molar-refractivity contribution is 5.84. The van der Waals surface area contributed by atoms with Crippen LogP contribution >= 0.6 is 0 Å². The third-order valence-electron chi connectivity index (χ3n) is 5.35. The molecule has 1 spiro atoms. The predicted molar refractivity (Wildman–Crippen MR) is 85.1 cm³/mol. The molecule has 2 heterocycles. The Hall–Kier alpha value is -2.17. The number of fused-ring (bicyclic) bond motifs is 1. The second-order valence-electron chi connectivity index (χ2n) is 6.67. The molecule has 4 rings (SSSR count). The first kappa shape index (κ1) is 13.5. The topological polar surface area (TPSA) is 66.1 Å². The van der Waals surface area contributed by atoms with Gasteiger partial charge in [0, 0.05) is 37.0 Å². The van der Waals surface area contributed by atoms with Crippen molar-refractivity contribution in [1.82, 2.24) is 10.2 Å². The fourth-order valence-electron chi connectivity index (χ4n) is 3.95. The van der Waals surface area contributed by atoms with Gasteiger partial charge in [-0.1, -0.05) is 0 Å². The van der Waals surface area contributed by atoms with Gasteiger partial charge in [0.05, 0.1) is 11.6 Å². The van der Waals surface area contributed by atoms with Crippen LogP contribution in [0.15, 0.2) is 29.2 Å². The van der Waals surface area contributed by atoms with Crippen molar-refractivity contribution in [2.45, 2.75) is 32.1 Å². The summed E-state index contributed by atoms with van der Waals surface area (Å²) in [5.41, 5.74) is 1.26. The monoisotopic (exact) mass is 297 g/mol. The van der Waals surface area contributed by atoms with E-state index in [9.17, 15) is 9.59 Å². The van der Waals surface area contributed by atoms with Crippen LogP contribution in [0, 0.1) is 5.41 Å². The second-order valence-corrected chi connectivity index (χ2v) is 6.67. The van der Waals surface area contributed by atoms with Crippen molar-refractivity contribution in [3.63, 3.8) is 0 Å². The van der Waals surface area contributed by atoms with E-state index in [1.165, 1.54) is 0 Å². The number of rotatable bonds is 1. The summed E-state index contributed by atoms with van der Waals surface area (Å²) in [7, 11) is 0. The maximum atomic E-state index is 11.7. The highest BCUT2D eigenvalue weighted by Gasteiger charge is 2.40. The third-order valence-corrected chi connectivity index (χ3v) is 5.35. The van der Waals surface area contributed by atoms with Crippen molar-refractivity contribution in [3.8, 4) is 0 Å². The molecule has 114 valence electrons. The van der Waals surface area contributed by atoms with Crippen LogP contribution in [0.1, 0.15) is 32.1 Å². The van der Waals surface area contributed by atoms with E-state index in [0.29, 0.717) is 11.2 Å². The minimum absolute atomic E-state index is 0.147. The summed E-state index contributed by atoms with van der Waals surface area (Å²) in [6.07, 6.45) is 6.48. The zero-order valence-corrected chi connectivity index (χ0v) is 12.5. The lowest BCUT2D eigenvalue weighted by Gasteiger charge is -2.40. The molecule has 2 aromatic rings. The van der Waals surface area contributed by atoms with Crippen LogP contribution < -0.4 is 10.5 Å². The number of anilines is 1. The molecule has 0 unspecified atom stereocenters. The number of H-pyrrole nitrogens is 1. The Morgan fingerprint density at radius 2 is 1.95 bits per heavy atom. The summed E-state index contributed by atoms with van der Waals surface area (Å²) in [5.74, 6) is 0.435. The highest BCUT2D eigenvalue weighted by atomic mass is 16.1. The van der Waals surface area contributed by atoms with Gasteiger partial charge in [0.2, 0.25) is 0 Å². The molecule has 1 aliphatic heterocycles. The van der Waals surface area contributed by atoms with Crippen molar-refractivity contribution in [2.75, 3.05) is 18.0 Å². The molecule has 5 nitrogen and oxygen atoms in total. The van der Waals surface area contributed by atoms with E-state index >= 15 is 0 Å². The number of ketones is 1. The number of carbonyl (C=O) groups is 1. The fraction of sp³-hybridized carbons (Fsp3) is 0.471. The molecular formula is C17H19N3O2. The first-order chi connectivity index (χ1) is 10.7. The van der Waals surface area contributed by atoms with E-state index < -0.39 is 0 Å². The first-order valence-corrected chi connectivity index (χ1v) is 7.89. The Labute approximate surface area is 128 Å². The van der Waals surface area contributed by atoms with E-state index in [1.54, 1.807) is 6.20 Å². The summed E-state index contributed by atoms with van der Waals surface area (Å²) >= 11 is 0. The minimum Gasteiger partial charge on any atom is -0.371 e. The average molecular weight is 297 g/mol. The summed E-state index contributed by atoms with van der Waals surface area (Å²) in [5, 5.41) is 7.88. The van der Waals surface area contributed by atoms with Gasteiger partial charge in [0.25, 0.3) is 5.56 Å². The van der Waals surface area contributed by atoms with Gasteiger partial charge in [0.1, 0.15) is 5.78 Å². The molecule has 1 aromatic heterocycles. The molecule has 2 fully saturated rings. The molecule has 5 heteroatoms. The fourth-order valence-corrected chi connectivity index (χ4v) is 3.95. The van der Waals surface area contributed by atoms with Gasteiger partial charge in [0.15, 0.2) is 0 Å². The zero-order valence-electron chi connectivity index (χ0n) is 12.5. The average Bonchev–Trinajstić information content (AvgIpc) is 2.89. The molecular weight excluding hydrogens is 278 g/mol. The Morgan fingerprint density at radius 1 is 1.14 bits per heavy atom. The molecule has 0 amide bonds. The number of hydrogen-bond acceptors (Lipinski definition) is 4. The standard InChI is InChI=1S/C17H19N3O2/c21-14-3-4-17(10-14)5-7-20(8-6-17)13-1-2-15-12(9-13)11-18-19-16(15)22/h1-2,9,11H,3-8,10H2,(H,19,22). The predicted octanol–water partition coefficient (Wildman–Crippen LogP) is 2.26. The van der Waals surface area contributed by atoms with Gasteiger partial charge in [-0.2, -0.15) is 5.10 Å². The third kappa shape index (κ3) is 2.21. The van der Waals surface area contributed by atoms with Crippen LogP contribution in [-0.4, -0.2) is 29.1 Å². The largest absolute Gasteiger partial charge is 0.371 e. The van der Waals surface area contributed by atoms with E-state index in [-0.39, 0.29) is 11.0 Å². The highest BCUT2D eigenvalue weighted by Crippen LogP contribution is 2.45. The SMILES string of the molecule is O=C1CCC2(CCN(c3ccc4c(=O)[nH]ncc4c3)CC2)C1. The normalized spacial score (nSPS) is 20.9. The number of aromatic amines is 1. The maximum Gasteiger partial charge on any atom is 0.272 e. The Bertz CT molecular complexity index is 788. The number of hydrogen-bond donors (Lipinski definition) is 1. The zero-order chi connectivity index (χ0) is 15.2. The summed E-state index contributed by atoms with van der Waals surface area (Å²) in [4.78, 5) is 25.7. The van der Waals surface area contributed by atoms with Gasteiger partial charge in [-0.3, -0.25) is 9.59 Å². The van der Waals surface area contributed by atoms with Gasteiger partial charge < -0.3 is 4.90 Å². The van der Waals surface area contributed by atoms with Crippen molar-refractivity contribution in [1.29, 1.82) is 0 Å². The summed E-state index contributed by atoms with van der Waals surface area (Å²) in [6, 6.07) is 5.92. The Morgan fingerprint density at radius 3 is 2.68 bits per heavy atom. The summed E-state index contributed by atoms with van der Waals surface area (Å²) in [6.45, 7) is 1.96. The lowest BCUT2D eigenvalue weighted by molar-refractivity contribution is -0.118. The number of Topliss-reactive ketones (excluding diaryl/α,β-unsaturated/α-hetero) is 1. The number of aromatic nitrogens is 2. The van der Waals surface area contributed by atoms with Gasteiger partial charge in [-0.15, -0.1) is 0 Å². The number of benzene rings is 1. The van der Waals surface area contributed by atoms with Gasteiger partial charge >= 0.3 is 0 Å².